The number of benzene rings is 1. The minimum atomic E-state index is -0.178. The van der Waals surface area contributed by atoms with Crippen LogP contribution in [0.2, 0.25) is 0 Å². The van der Waals surface area contributed by atoms with E-state index < -0.39 is 0 Å². The van der Waals surface area contributed by atoms with Gasteiger partial charge in [0.2, 0.25) is 5.95 Å². The van der Waals surface area contributed by atoms with Gasteiger partial charge in [0.15, 0.2) is 5.96 Å². The summed E-state index contributed by atoms with van der Waals surface area (Å²) in [5, 5.41) is 6.55. The van der Waals surface area contributed by atoms with Crippen LogP contribution in [0.4, 0.5) is 10.3 Å². The van der Waals surface area contributed by atoms with E-state index in [0.29, 0.717) is 12.1 Å². The quantitative estimate of drug-likeness (QED) is 0.579. The zero-order valence-electron chi connectivity index (χ0n) is 16.5. The molecule has 1 aliphatic rings. The van der Waals surface area contributed by atoms with Gasteiger partial charge in [-0.3, -0.25) is 9.89 Å². The van der Waals surface area contributed by atoms with Crippen LogP contribution in [0.5, 0.6) is 0 Å². The highest BCUT2D eigenvalue weighted by Crippen LogP contribution is 2.10. The van der Waals surface area contributed by atoms with Gasteiger partial charge in [-0.25, -0.2) is 14.4 Å². The van der Waals surface area contributed by atoms with Crippen molar-refractivity contribution >= 4 is 11.9 Å². The van der Waals surface area contributed by atoms with Crippen molar-refractivity contribution in [3.63, 3.8) is 0 Å². The number of nitrogens with one attached hydrogen (secondary N) is 2. The average Bonchev–Trinajstić information content (AvgIpc) is 2.74. The second-order valence-electron chi connectivity index (χ2n) is 6.81. The molecule has 1 aromatic carbocycles. The van der Waals surface area contributed by atoms with E-state index in [1.54, 1.807) is 38.5 Å². The Morgan fingerprint density at radius 2 is 1.89 bits per heavy atom. The Morgan fingerprint density at radius 1 is 1.14 bits per heavy atom. The Morgan fingerprint density at radius 3 is 2.57 bits per heavy atom. The first-order valence-corrected chi connectivity index (χ1v) is 9.59. The summed E-state index contributed by atoms with van der Waals surface area (Å²) in [6.45, 7) is 7.84. The number of halogens is 1. The lowest BCUT2D eigenvalue weighted by molar-refractivity contribution is 0.260. The SMILES string of the molecule is CN=C(NCCN1CCN(c2ncccn2)CC1)NCc1ccc(C)c(F)c1. The van der Waals surface area contributed by atoms with Crippen LogP contribution in [0, 0.1) is 12.7 Å². The molecule has 0 bridgehead atoms. The maximum absolute atomic E-state index is 13.6. The number of aliphatic imine (C=N–C) groups is 1. The van der Waals surface area contributed by atoms with Crippen LogP contribution in [-0.2, 0) is 6.54 Å². The number of piperazine rings is 1. The minimum absolute atomic E-state index is 0.178. The summed E-state index contributed by atoms with van der Waals surface area (Å²) < 4.78 is 13.6. The lowest BCUT2D eigenvalue weighted by Gasteiger charge is -2.34. The summed E-state index contributed by atoms with van der Waals surface area (Å²) in [5.74, 6) is 1.34. The first-order chi connectivity index (χ1) is 13.7. The predicted molar refractivity (Wildman–Crippen MR) is 110 cm³/mol. The third kappa shape index (κ3) is 5.63. The fourth-order valence-corrected chi connectivity index (χ4v) is 3.11. The van der Waals surface area contributed by atoms with E-state index in [1.807, 2.05) is 12.1 Å². The molecule has 3 rings (SSSR count). The lowest BCUT2D eigenvalue weighted by atomic mass is 10.1. The summed E-state index contributed by atoms with van der Waals surface area (Å²) in [6.07, 6.45) is 3.56. The van der Waals surface area contributed by atoms with E-state index in [9.17, 15) is 4.39 Å². The van der Waals surface area contributed by atoms with Crippen LogP contribution in [0.25, 0.3) is 0 Å². The molecule has 0 amide bonds. The van der Waals surface area contributed by atoms with Crippen molar-refractivity contribution in [1.82, 2.24) is 25.5 Å². The lowest BCUT2D eigenvalue weighted by Crippen LogP contribution is -2.49. The van der Waals surface area contributed by atoms with Gasteiger partial charge >= 0.3 is 0 Å². The van der Waals surface area contributed by atoms with Gasteiger partial charge in [0.05, 0.1) is 0 Å². The molecule has 7 nitrogen and oxygen atoms in total. The normalized spacial score (nSPS) is 15.5. The van der Waals surface area contributed by atoms with Gasteiger partial charge in [0.25, 0.3) is 0 Å². The number of hydrogen-bond acceptors (Lipinski definition) is 5. The average molecular weight is 385 g/mol. The molecule has 28 heavy (non-hydrogen) atoms. The van der Waals surface area contributed by atoms with Gasteiger partial charge in [-0.05, 0) is 30.2 Å². The second-order valence-corrected chi connectivity index (χ2v) is 6.81. The largest absolute Gasteiger partial charge is 0.355 e. The van der Waals surface area contributed by atoms with Crippen molar-refractivity contribution in [2.75, 3.05) is 51.2 Å². The van der Waals surface area contributed by atoms with E-state index in [2.05, 4.69) is 35.4 Å². The maximum Gasteiger partial charge on any atom is 0.225 e. The Balaban J connectivity index is 1.36. The summed E-state index contributed by atoms with van der Waals surface area (Å²) in [7, 11) is 1.74. The minimum Gasteiger partial charge on any atom is -0.355 e. The monoisotopic (exact) mass is 385 g/mol. The van der Waals surface area contributed by atoms with Crippen LogP contribution in [0.3, 0.4) is 0 Å². The number of aryl methyl sites for hydroxylation is 1. The Hall–Kier alpha value is -2.74. The molecule has 1 saturated heterocycles. The number of hydrogen-bond donors (Lipinski definition) is 2. The smallest absolute Gasteiger partial charge is 0.225 e. The van der Waals surface area contributed by atoms with E-state index in [0.717, 1.165) is 56.7 Å². The number of anilines is 1. The summed E-state index contributed by atoms with van der Waals surface area (Å²) in [6, 6.07) is 7.12. The molecule has 0 spiro atoms. The molecule has 0 saturated carbocycles. The van der Waals surface area contributed by atoms with Gasteiger partial charge in [0.1, 0.15) is 5.82 Å². The number of aromatic nitrogens is 2. The summed E-state index contributed by atoms with van der Waals surface area (Å²) in [4.78, 5) is 17.5. The molecule has 1 aliphatic heterocycles. The fraction of sp³-hybridized carbons (Fsp3) is 0.450. The van der Waals surface area contributed by atoms with Crippen LogP contribution < -0.4 is 15.5 Å². The van der Waals surface area contributed by atoms with Crippen LogP contribution >= 0.6 is 0 Å². The molecule has 150 valence electrons. The van der Waals surface area contributed by atoms with Crippen molar-refractivity contribution in [2.24, 2.45) is 4.99 Å². The topological polar surface area (TPSA) is 68.7 Å². The van der Waals surface area contributed by atoms with E-state index in [1.165, 1.54) is 0 Å². The Labute approximate surface area is 165 Å². The maximum atomic E-state index is 13.6. The third-order valence-electron chi connectivity index (χ3n) is 4.85. The number of guanidine groups is 1. The molecular weight excluding hydrogens is 357 g/mol. The number of nitrogens with zero attached hydrogens (tertiary/aromatic N) is 5. The molecule has 8 heteroatoms. The second kappa shape index (κ2) is 9.98. The van der Waals surface area contributed by atoms with Crippen molar-refractivity contribution in [2.45, 2.75) is 13.5 Å². The molecule has 0 unspecified atom stereocenters. The highest BCUT2D eigenvalue weighted by Gasteiger charge is 2.18. The fourth-order valence-electron chi connectivity index (χ4n) is 3.11. The first-order valence-electron chi connectivity index (χ1n) is 9.59. The number of rotatable bonds is 6. The predicted octanol–water partition coefficient (Wildman–Crippen LogP) is 1.41. The zero-order chi connectivity index (χ0) is 19.8. The van der Waals surface area contributed by atoms with Gasteiger partial charge in [-0.15, -0.1) is 0 Å². The van der Waals surface area contributed by atoms with Crippen molar-refractivity contribution < 1.29 is 4.39 Å². The highest BCUT2D eigenvalue weighted by molar-refractivity contribution is 5.79. The first kappa shape index (κ1) is 20.0. The molecule has 0 atom stereocenters. The zero-order valence-corrected chi connectivity index (χ0v) is 16.5. The van der Waals surface area contributed by atoms with Gasteiger partial charge in [0, 0.05) is 65.3 Å². The molecule has 2 aromatic rings. The van der Waals surface area contributed by atoms with Crippen LogP contribution in [0.1, 0.15) is 11.1 Å². The van der Waals surface area contributed by atoms with Gasteiger partial charge in [-0.1, -0.05) is 12.1 Å². The standard InChI is InChI=1S/C20H28FN7/c1-16-4-5-17(14-18(16)21)15-26-19(22-2)23-8-9-27-10-12-28(13-11-27)20-24-6-3-7-25-20/h3-7,14H,8-13,15H2,1-2H3,(H2,22,23,26). The summed E-state index contributed by atoms with van der Waals surface area (Å²) in [5.41, 5.74) is 1.55. The van der Waals surface area contributed by atoms with Crippen LogP contribution in [-0.4, -0.2) is 67.1 Å². The molecule has 0 radical (unpaired) electrons. The Kier molecular flexibility index (Phi) is 7.13. The Bertz CT molecular complexity index is 773. The molecule has 1 aromatic heterocycles. The van der Waals surface area contributed by atoms with Gasteiger partial charge in [-0.2, -0.15) is 0 Å². The van der Waals surface area contributed by atoms with E-state index in [4.69, 9.17) is 0 Å². The highest BCUT2D eigenvalue weighted by atomic mass is 19.1. The van der Waals surface area contributed by atoms with Crippen molar-refractivity contribution in [3.8, 4) is 0 Å². The molecule has 2 heterocycles. The third-order valence-corrected chi connectivity index (χ3v) is 4.85. The van der Waals surface area contributed by atoms with E-state index >= 15 is 0 Å². The van der Waals surface area contributed by atoms with Crippen molar-refractivity contribution in [1.29, 1.82) is 0 Å². The van der Waals surface area contributed by atoms with Crippen molar-refractivity contribution in [3.05, 3.63) is 53.6 Å². The molecule has 1 fully saturated rings. The molecule has 0 aliphatic carbocycles. The van der Waals surface area contributed by atoms with Gasteiger partial charge < -0.3 is 15.5 Å². The molecular formula is C20H28FN7. The molecule has 2 N–H and O–H groups in total. The summed E-state index contributed by atoms with van der Waals surface area (Å²) >= 11 is 0. The van der Waals surface area contributed by atoms with Crippen LogP contribution in [0.15, 0.2) is 41.7 Å². The van der Waals surface area contributed by atoms with E-state index in [-0.39, 0.29) is 5.82 Å².